The van der Waals surface area contributed by atoms with Crippen LogP contribution in [0, 0.1) is 0 Å². The van der Waals surface area contributed by atoms with Crippen molar-refractivity contribution in [3.8, 4) is 0 Å². The molecule has 9 heteroatoms. The van der Waals surface area contributed by atoms with Gasteiger partial charge >= 0.3 is 0 Å². The highest BCUT2D eigenvalue weighted by atomic mass is 31.2. The van der Waals surface area contributed by atoms with E-state index in [2.05, 4.69) is 79.9 Å². The van der Waals surface area contributed by atoms with Gasteiger partial charge in [-0.05, 0) is 64.2 Å². The molecule has 1 amide bonds. The van der Waals surface area contributed by atoms with Gasteiger partial charge in [-0.15, -0.1) is 0 Å². The monoisotopic (exact) mass is 973 g/mol. The summed E-state index contributed by atoms with van der Waals surface area (Å²) in [6.07, 6.45) is 68.7. The summed E-state index contributed by atoms with van der Waals surface area (Å²) in [5.41, 5.74) is 0. The first kappa shape index (κ1) is 65.9. The second kappa shape index (κ2) is 49.9. The lowest BCUT2D eigenvalue weighted by Gasteiger charge is -2.29. The molecule has 0 heterocycles. The summed E-state index contributed by atoms with van der Waals surface area (Å²) in [4.78, 5) is 25.3. The molecule has 0 aliphatic heterocycles. The maximum absolute atomic E-state index is 12.9. The Kier molecular flexibility index (Phi) is 48.4. The number of amides is 1. The molecule has 8 nitrogen and oxygen atoms in total. The fraction of sp³-hybridized carbons (Fsp3) is 0.780. The van der Waals surface area contributed by atoms with E-state index in [1.165, 1.54) is 154 Å². The number of nitrogens with one attached hydrogen (secondary N) is 1. The molecule has 3 atom stereocenters. The molecule has 0 aromatic heterocycles. The number of rotatable bonds is 51. The number of phosphoric acid groups is 1. The number of carbonyl (C=O) groups excluding carboxylic acids is 1. The zero-order valence-corrected chi connectivity index (χ0v) is 45.9. The van der Waals surface area contributed by atoms with Gasteiger partial charge in [0.2, 0.25) is 5.91 Å². The second-order valence-electron chi connectivity index (χ2n) is 20.3. The van der Waals surface area contributed by atoms with Gasteiger partial charge in [0.05, 0.1) is 39.9 Å². The molecule has 0 spiro atoms. The summed E-state index contributed by atoms with van der Waals surface area (Å²) in [6, 6.07) is -0.884. The van der Waals surface area contributed by atoms with Gasteiger partial charge in [0.15, 0.2) is 0 Å². The second-order valence-corrected chi connectivity index (χ2v) is 21.7. The highest BCUT2D eigenvalue weighted by Crippen LogP contribution is 2.38. The molecule has 0 radical (unpaired) electrons. The van der Waals surface area contributed by atoms with E-state index in [0.717, 1.165) is 70.6 Å². The standard InChI is InChI=1S/C59H109N2O6P/c1-6-8-10-12-14-16-17-18-19-20-21-22-23-24-25-26-27-28-29-30-31-32-33-34-35-36-37-38-39-40-41-42-43-45-47-49-51-53-59(63)60-57(56-67-68(64,65)66-55-54-61(3,4)5)58(62)52-50-48-46-44-15-13-11-9-7-2/h8,10,14,16,18-19,21-22,24-25,50,52,57-58,62H,6-7,9,11-13,15,17,20,23,26-49,51,53-56H2,1-5H3,(H-,60,63,64,65)/b10-8-,16-14-,19-18-,22-21-,25-24-,52-50+. The first-order valence-corrected chi connectivity index (χ1v) is 29.8. The number of allylic oxidation sites excluding steroid dienone is 11. The fourth-order valence-electron chi connectivity index (χ4n) is 8.00. The Morgan fingerprint density at radius 2 is 0.897 bits per heavy atom. The molecule has 0 aromatic rings. The van der Waals surface area contributed by atoms with Crippen molar-refractivity contribution >= 4 is 13.7 Å². The van der Waals surface area contributed by atoms with Gasteiger partial charge in [0.25, 0.3) is 7.82 Å². The molecule has 0 bridgehead atoms. The lowest BCUT2D eigenvalue weighted by molar-refractivity contribution is -0.870. The van der Waals surface area contributed by atoms with Gasteiger partial charge in [0.1, 0.15) is 13.2 Å². The van der Waals surface area contributed by atoms with Crippen LogP contribution < -0.4 is 10.2 Å². The predicted molar refractivity (Wildman–Crippen MR) is 293 cm³/mol. The van der Waals surface area contributed by atoms with Crippen LogP contribution in [0.4, 0.5) is 0 Å². The summed E-state index contributed by atoms with van der Waals surface area (Å²) >= 11 is 0. The van der Waals surface area contributed by atoms with Crippen molar-refractivity contribution in [2.45, 2.75) is 257 Å². The lowest BCUT2D eigenvalue weighted by Crippen LogP contribution is -2.45. The highest BCUT2D eigenvalue weighted by molar-refractivity contribution is 7.45. The van der Waals surface area contributed by atoms with Gasteiger partial charge in [-0.25, -0.2) is 0 Å². The third-order valence-corrected chi connectivity index (χ3v) is 13.4. The molecule has 396 valence electrons. The third kappa shape index (κ3) is 51.8. The van der Waals surface area contributed by atoms with Gasteiger partial charge < -0.3 is 28.8 Å². The van der Waals surface area contributed by atoms with Crippen LogP contribution in [0.5, 0.6) is 0 Å². The maximum atomic E-state index is 12.9. The van der Waals surface area contributed by atoms with Crippen molar-refractivity contribution in [3.05, 3.63) is 72.9 Å². The average Bonchev–Trinajstić information content (AvgIpc) is 3.30. The lowest BCUT2D eigenvalue weighted by atomic mass is 10.0. The highest BCUT2D eigenvalue weighted by Gasteiger charge is 2.23. The Hall–Kier alpha value is -2.06. The first-order valence-electron chi connectivity index (χ1n) is 28.3. The van der Waals surface area contributed by atoms with Crippen molar-refractivity contribution < 1.29 is 32.9 Å². The number of aliphatic hydroxyl groups excluding tert-OH is 1. The first-order chi connectivity index (χ1) is 33.0. The molecule has 0 fully saturated rings. The van der Waals surface area contributed by atoms with Crippen LogP contribution >= 0.6 is 7.82 Å². The zero-order valence-electron chi connectivity index (χ0n) is 45.0. The van der Waals surface area contributed by atoms with Gasteiger partial charge in [-0.3, -0.25) is 9.36 Å². The van der Waals surface area contributed by atoms with Crippen LogP contribution in [0.2, 0.25) is 0 Å². The van der Waals surface area contributed by atoms with Gasteiger partial charge in [-0.1, -0.05) is 247 Å². The third-order valence-electron chi connectivity index (χ3n) is 12.4. The Labute approximate surface area is 421 Å². The van der Waals surface area contributed by atoms with Crippen molar-refractivity contribution in [2.24, 2.45) is 0 Å². The predicted octanol–water partition coefficient (Wildman–Crippen LogP) is 16.5. The van der Waals surface area contributed by atoms with Crippen molar-refractivity contribution in [2.75, 3.05) is 40.9 Å². The average molecular weight is 974 g/mol. The molecule has 0 aliphatic carbocycles. The van der Waals surface area contributed by atoms with Crippen molar-refractivity contribution in [1.29, 1.82) is 0 Å². The summed E-state index contributed by atoms with van der Waals surface area (Å²) in [5.74, 6) is -0.199. The molecule has 68 heavy (non-hydrogen) atoms. The fourth-order valence-corrected chi connectivity index (χ4v) is 8.73. The van der Waals surface area contributed by atoms with Crippen molar-refractivity contribution in [1.82, 2.24) is 5.32 Å². The molecule has 0 aromatic carbocycles. The van der Waals surface area contributed by atoms with Crippen LogP contribution in [0.1, 0.15) is 245 Å². The van der Waals surface area contributed by atoms with E-state index in [1.807, 2.05) is 27.2 Å². The zero-order chi connectivity index (χ0) is 49.9. The minimum atomic E-state index is -4.59. The topological polar surface area (TPSA) is 108 Å². The quantitative estimate of drug-likeness (QED) is 0.0272. The smallest absolute Gasteiger partial charge is 0.268 e. The number of likely N-dealkylation sites (N-methyl/N-ethyl adjacent to an activating group) is 1. The van der Waals surface area contributed by atoms with Crippen LogP contribution in [0.15, 0.2) is 72.9 Å². The van der Waals surface area contributed by atoms with E-state index in [9.17, 15) is 19.4 Å². The van der Waals surface area contributed by atoms with E-state index in [4.69, 9.17) is 9.05 Å². The number of quaternary nitrogens is 1. The Morgan fingerprint density at radius 1 is 0.529 bits per heavy atom. The summed E-state index contributed by atoms with van der Waals surface area (Å²) < 4.78 is 23.2. The molecule has 3 unspecified atom stereocenters. The summed E-state index contributed by atoms with van der Waals surface area (Å²) in [6.45, 7) is 4.50. The van der Waals surface area contributed by atoms with Crippen LogP contribution in [0.25, 0.3) is 0 Å². The van der Waals surface area contributed by atoms with Gasteiger partial charge in [-0.2, -0.15) is 0 Å². The molecule has 0 aliphatic rings. The van der Waals surface area contributed by atoms with E-state index in [-0.39, 0.29) is 19.1 Å². The van der Waals surface area contributed by atoms with E-state index < -0.39 is 20.0 Å². The van der Waals surface area contributed by atoms with Crippen molar-refractivity contribution in [3.63, 3.8) is 0 Å². The number of phosphoric ester groups is 1. The number of aliphatic hydroxyl groups is 1. The number of unbranched alkanes of at least 4 members (excludes halogenated alkanes) is 28. The SMILES string of the molecule is CC/C=C\C/C=C\C/C=C\C/C=C\C/C=C\CCCCCCCCCCCCCCCCCCCCCCCC(=O)NC(COP(=O)([O-])OCC[N+](C)(C)C)C(O)/C=C/CCCCCCCCC. The van der Waals surface area contributed by atoms with Crippen LogP contribution in [-0.4, -0.2) is 68.5 Å². The Balaban J connectivity index is 3.87. The molecule has 0 rings (SSSR count). The Bertz CT molecular complexity index is 1330. The molecule has 0 saturated carbocycles. The van der Waals surface area contributed by atoms with Crippen LogP contribution in [0.3, 0.4) is 0 Å². The Morgan fingerprint density at radius 3 is 1.31 bits per heavy atom. The summed E-state index contributed by atoms with van der Waals surface area (Å²) in [7, 11) is 1.26. The molecule has 0 saturated heterocycles. The summed E-state index contributed by atoms with van der Waals surface area (Å²) in [5, 5.41) is 13.8. The molecular formula is C59H109N2O6P. The number of carbonyl (C=O) groups is 1. The number of nitrogens with zero attached hydrogens (tertiary/aromatic N) is 1. The van der Waals surface area contributed by atoms with E-state index in [1.54, 1.807) is 6.08 Å². The maximum Gasteiger partial charge on any atom is 0.268 e. The number of hydrogen-bond acceptors (Lipinski definition) is 6. The molecule has 2 N–H and O–H groups in total. The minimum Gasteiger partial charge on any atom is -0.756 e. The van der Waals surface area contributed by atoms with E-state index >= 15 is 0 Å². The minimum absolute atomic E-state index is 0.00154. The largest absolute Gasteiger partial charge is 0.756 e. The number of hydrogen-bond donors (Lipinski definition) is 2. The van der Waals surface area contributed by atoms with E-state index in [0.29, 0.717) is 17.4 Å². The molecular weight excluding hydrogens is 864 g/mol. The normalized spacial score (nSPS) is 14.5. The van der Waals surface area contributed by atoms with Crippen LogP contribution in [-0.2, 0) is 18.4 Å². The van der Waals surface area contributed by atoms with Gasteiger partial charge in [0, 0.05) is 6.42 Å².